The molecule has 0 saturated carbocycles. The van der Waals surface area contributed by atoms with E-state index < -0.39 is 5.92 Å². The first-order valence-corrected chi connectivity index (χ1v) is 5.03. The Labute approximate surface area is 84.7 Å². The van der Waals surface area contributed by atoms with Gasteiger partial charge in [0.2, 0.25) is 0 Å². The molecular formula is C10H20F2N2. The summed E-state index contributed by atoms with van der Waals surface area (Å²) in [5, 5.41) is 2.86. The molecule has 1 saturated heterocycles. The fraction of sp³-hybridized carbons (Fsp3) is 1.00. The van der Waals surface area contributed by atoms with Gasteiger partial charge < -0.3 is 5.32 Å². The van der Waals surface area contributed by atoms with Gasteiger partial charge in [-0.1, -0.05) is 0 Å². The van der Waals surface area contributed by atoms with Gasteiger partial charge in [-0.25, -0.2) is 8.78 Å². The first-order chi connectivity index (χ1) is 6.21. The van der Waals surface area contributed by atoms with Gasteiger partial charge in [0.15, 0.2) is 0 Å². The van der Waals surface area contributed by atoms with Crippen LogP contribution in [-0.4, -0.2) is 42.5 Å². The normalized spacial score (nSPS) is 27.2. The van der Waals surface area contributed by atoms with E-state index in [9.17, 15) is 8.78 Å². The molecule has 1 atom stereocenters. The Hall–Kier alpha value is -0.220. The van der Waals surface area contributed by atoms with E-state index in [0.29, 0.717) is 6.54 Å². The summed E-state index contributed by atoms with van der Waals surface area (Å²) < 4.78 is 25.7. The predicted octanol–water partition coefficient (Wildman–Crippen LogP) is 1.71. The molecule has 14 heavy (non-hydrogen) atoms. The highest BCUT2D eigenvalue weighted by molar-refractivity contribution is 4.90. The Bertz CT molecular complexity index is 199. The quantitative estimate of drug-likeness (QED) is 0.740. The fourth-order valence-corrected chi connectivity index (χ4v) is 1.53. The van der Waals surface area contributed by atoms with Crippen molar-refractivity contribution in [3.8, 4) is 0 Å². The van der Waals surface area contributed by atoms with Crippen LogP contribution in [-0.2, 0) is 0 Å². The SMILES string of the molecule is CN(CC1CC(F)(F)CN1)C(C)(C)C. The second-order valence-corrected chi connectivity index (χ2v) is 5.19. The minimum atomic E-state index is -2.51. The molecule has 4 heteroatoms. The van der Waals surface area contributed by atoms with E-state index in [1.54, 1.807) is 0 Å². The van der Waals surface area contributed by atoms with Gasteiger partial charge in [-0.3, -0.25) is 4.90 Å². The Kier molecular flexibility index (Phi) is 3.17. The second kappa shape index (κ2) is 3.74. The molecule has 0 aromatic heterocycles. The average molecular weight is 206 g/mol. The van der Waals surface area contributed by atoms with Crippen molar-refractivity contribution in [2.45, 2.75) is 44.7 Å². The van der Waals surface area contributed by atoms with Crippen LogP contribution in [0.3, 0.4) is 0 Å². The molecule has 0 bridgehead atoms. The highest BCUT2D eigenvalue weighted by Gasteiger charge is 2.39. The van der Waals surface area contributed by atoms with Crippen molar-refractivity contribution in [3.05, 3.63) is 0 Å². The molecule has 1 aliphatic rings. The summed E-state index contributed by atoms with van der Waals surface area (Å²) in [6.07, 6.45) is -0.0343. The third-order valence-electron chi connectivity index (χ3n) is 2.83. The van der Waals surface area contributed by atoms with Gasteiger partial charge in [0.05, 0.1) is 6.54 Å². The summed E-state index contributed by atoms with van der Waals surface area (Å²) in [7, 11) is 1.97. The van der Waals surface area contributed by atoms with Crippen LogP contribution in [0.15, 0.2) is 0 Å². The van der Waals surface area contributed by atoms with Crippen LogP contribution >= 0.6 is 0 Å². The van der Waals surface area contributed by atoms with Crippen molar-refractivity contribution in [3.63, 3.8) is 0 Å². The maximum absolute atomic E-state index is 12.9. The summed E-state index contributed by atoms with van der Waals surface area (Å²) in [5.74, 6) is -2.51. The molecular weight excluding hydrogens is 186 g/mol. The minimum Gasteiger partial charge on any atom is -0.307 e. The molecule has 0 aromatic rings. The monoisotopic (exact) mass is 206 g/mol. The van der Waals surface area contributed by atoms with Gasteiger partial charge in [0, 0.05) is 24.5 Å². The lowest BCUT2D eigenvalue weighted by Gasteiger charge is -2.33. The summed E-state index contributed by atoms with van der Waals surface area (Å²) >= 11 is 0. The smallest absolute Gasteiger partial charge is 0.261 e. The van der Waals surface area contributed by atoms with E-state index in [1.807, 2.05) is 7.05 Å². The molecule has 1 unspecified atom stereocenters. The Morgan fingerprint density at radius 2 is 2.00 bits per heavy atom. The van der Waals surface area contributed by atoms with E-state index in [-0.39, 0.29) is 24.5 Å². The van der Waals surface area contributed by atoms with Gasteiger partial charge in [-0.05, 0) is 27.8 Å². The zero-order valence-corrected chi connectivity index (χ0v) is 9.40. The maximum Gasteiger partial charge on any atom is 0.261 e. The first-order valence-electron chi connectivity index (χ1n) is 5.03. The number of hydrogen-bond donors (Lipinski definition) is 1. The van der Waals surface area contributed by atoms with Crippen LogP contribution in [0, 0.1) is 0 Å². The number of nitrogens with zero attached hydrogens (tertiary/aromatic N) is 1. The number of halogens is 2. The highest BCUT2D eigenvalue weighted by atomic mass is 19.3. The molecule has 0 aliphatic carbocycles. The number of likely N-dealkylation sites (N-methyl/N-ethyl adjacent to an activating group) is 1. The van der Waals surface area contributed by atoms with Gasteiger partial charge in [0.1, 0.15) is 0 Å². The van der Waals surface area contributed by atoms with E-state index in [2.05, 4.69) is 31.0 Å². The molecule has 1 fully saturated rings. The average Bonchev–Trinajstić information content (AvgIpc) is 2.28. The summed E-state index contributed by atoms with van der Waals surface area (Å²) in [6.45, 7) is 6.76. The second-order valence-electron chi connectivity index (χ2n) is 5.19. The molecule has 1 rings (SSSR count). The lowest BCUT2D eigenvalue weighted by atomic mass is 10.1. The Morgan fingerprint density at radius 3 is 2.36 bits per heavy atom. The molecule has 2 nitrogen and oxygen atoms in total. The van der Waals surface area contributed by atoms with Crippen LogP contribution in [0.2, 0.25) is 0 Å². The summed E-state index contributed by atoms with van der Waals surface area (Å²) in [5.41, 5.74) is 0.0412. The lowest BCUT2D eigenvalue weighted by Crippen LogP contribution is -2.45. The lowest BCUT2D eigenvalue weighted by molar-refractivity contribution is 0.0191. The summed E-state index contributed by atoms with van der Waals surface area (Å²) in [4.78, 5) is 2.10. The summed E-state index contributed by atoms with van der Waals surface area (Å²) in [6, 6.07) is -0.0748. The molecule has 84 valence electrons. The van der Waals surface area contributed by atoms with Gasteiger partial charge >= 0.3 is 0 Å². The molecule has 0 amide bonds. The molecule has 0 spiro atoms. The standard InChI is InChI=1S/C10H20F2N2/c1-9(2,3)14(4)6-8-5-10(11,12)7-13-8/h8,13H,5-7H2,1-4H3. The molecule has 1 heterocycles. The largest absolute Gasteiger partial charge is 0.307 e. The van der Waals surface area contributed by atoms with Crippen LogP contribution < -0.4 is 5.32 Å². The Morgan fingerprint density at radius 1 is 1.43 bits per heavy atom. The molecule has 1 aliphatic heterocycles. The van der Waals surface area contributed by atoms with E-state index in [4.69, 9.17) is 0 Å². The van der Waals surface area contributed by atoms with Crippen molar-refractivity contribution < 1.29 is 8.78 Å². The third-order valence-corrected chi connectivity index (χ3v) is 2.83. The minimum absolute atomic E-state index is 0.0343. The van der Waals surface area contributed by atoms with Crippen LogP contribution in [0.4, 0.5) is 8.78 Å². The topological polar surface area (TPSA) is 15.3 Å². The number of alkyl halides is 2. The van der Waals surface area contributed by atoms with Crippen LogP contribution in [0.1, 0.15) is 27.2 Å². The Balaban J connectivity index is 2.40. The molecule has 0 radical (unpaired) electrons. The maximum atomic E-state index is 12.9. The zero-order chi connectivity index (χ0) is 11.0. The first kappa shape index (κ1) is 11.9. The van der Waals surface area contributed by atoms with Crippen molar-refractivity contribution in [1.29, 1.82) is 0 Å². The zero-order valence-electron chi connectivity index (χ0n) is 9.40. The van der Waals surface area contributed by atoms with Crippen molar-refractivity contribution in [2.75, 3.05) is 20.1 Å². The molecule has 0 aromatic carbocycles. The fourth-order valence-electron chi connectivity index (χ4n) is 1.53. The van der Waals surface area contributed by atoms with Crippen molar-refractivity contribution in [1.82, 2.24) is 10.2 Å². The number of rotatable bonds is 2. The van der Waals surface area contributed by atoms with Crippen LogP contribution in [0.5, 0.6) is 0 Å². The van der Waals surface area contributed by atoms with Gasteiger partial charge in [-0.15, -0.1) is 0 Å². The predicted molar refractivity (Wildman–Crippen MR) is 53.7 cm³/mol. The van der Waals surface area contributed by atoms with E-state index in [0.717, 1.165) is 0 Å². The molecule has 1 N–H and O–H groups in total. The van der Waals surface area contributed by atoms with Gasteiger partial charge in [-0.2, -0.15) is 0 Å². The van der Waals surface area contributed by atoms with Crippen molar-refractivity contribution >= 4 is 0 Å². The van der Waals surface area contributed by atoms with E-state index >= 15 is 0 Å². The van der Waals surface area contributed by atoms with Crippen LogP contribution in [0.25, 0.3) is 0 Å². The number of nitrogens with one attached hydrogen (secondary N) is 1. The number of hydrogen-bond acceptors (Lipinski definition) is 2. The van der Waals surface area contributed by atoms with E-state index in [1.165, 1.54) is 0 Å². The van der Waals surface area contributed by atoms with Crippen molar-refractivity contribution in [2.24, 2.45) is 0 Å². The highest BCUT2D eigenvalue weighted by Crippen LogP contribution is 2.26. The third kappa shape index (κ3) is 3.17. The van der Waals surface area contributed by atoms with Gasteiger partial charge in [0.25, 0.3) is 5.92 Å².